The van der Waals surface area contributed by atoms with Crippen LogP contribution in [0.25, 0.3) is 0 Å². The van der Waals surface area contributed by atoms with E-state index in [4.69, 9.17) is 9.47 Å². The summed E-state index contributed by atoms with van der Waals surface area (Å²) in [6, 6.07) is 3.05. The lowest BCUT2D eigenvalue weighted by Gasteiger charge is -2.22. The van der Waals surface area contributed by atoms with Crippen molar-refractivity contribution in [1.82, 2.24) is 10.2 Å². The third-order valence-corrected chi connectivity index (χ3v) is 3.27. The molecule has 7 heteroatoms. The summed E-state index contributed by atoms with van der Waals surface area (Å²) in [7, 11) is 0. The van der Waals surface area contributed by atoms with Gasteiger partial charge < -0.3 is 19.7 Å². The predicted octanol–water partition coefficient (Wildman–Crippen LogP) is 1.68. The number of carbonyl (C=O) groups is 2. The van der Waals surface area contributed by atoms with Gasteiger partial charge in [-0.1, -0.05) is 0 Å². The van der Waals surface area contributed by atoms with Gasteiger partial charge in [0.15, 0.2) is 0 Å². The second-order valence-corrected chi connectivity index (χ2v) is 4.95. The highest BCUT2D eigenvalue weighted by Gasteiger charge is 2.23. The Hall–Kier alpha value is -2.31. The highest BCUT2D eigenvalue weighted by atomic mass is 19.1. The zero-order valence-electron chi connectivity index (χ0n) is 12.6. The first-order valence-electron chi connectivity index (χ1n) is 7.14. The minimum absolute atomic E-state index is 0.217. The van der Waals surface area contributed by atoms with Gasteiger partial charge >= 0.3 is 12.0 Å². The first kappa shape index (κ1) is 16.1. The minimum atomic E-state index is -0.747. The Morgan fingerprint density at radius 2 is 2.27 bits per heavy atom. The highest BCUT2D eigenvalue weighted by Crippen LogP contribution is 2.23. The van der Waals surface area contributed by atoms with Crippen LogP contribution in [0.3, 0.4) is 0 Å². The zero-order valence-corrected chi connectivity index (χ0v) is 12.6. The maximum Gasteiger partial charge on any atom is 0.328 e. The second kappa shape index (κ2) is 7.11. The van der Waals surface area contributed by atoms with Crippen molar-refractivity contribution in [2.75, 3.05) is 19.8 Å². The van der Waals surface area contributed by atoms with Gasteiger partial charge in [0.25, 0.3) is 0 Å². The summed E-state index contributed by atoms with van der Waals surface area (Å²) in [6.45, 7) is 4.37. The van der Waals surface area contributed by atoms with E-state index in [9.17, 15) is 14.0 Å². The van der Waals surface area contributed by atoms with Gasteiger partial charge in [-0.05, 0) is 32.0 Å². The van der Waals surface area contributed by atoms with Crippen molar-refractivity contribution in [3.63, 3.8) is 0 Å². The number of benzene rings is 1. The Morgan fingerprint density at radius 1 is 1.50 bits per heavy atom. The average Bonchev–Trinajstić information content (AvgIpc) is 2.69. The molecule has 1 aliphatic heterocycles. The van der Waals surface area contributed by atoms with Gasteiger partial charge in [0, 0.05) is 5.56 Å². The maximum atomic E-state index is 13.3. The molecule has 0 fully saturated rings. The standard InChI is InChI=1S/C15H19FN2O4/c1-3-21-14(19)10(2)17-15(20)18-6-7-22-13-5-4-12(16)8-11(13)9-18/h4-5,8,10H,3,6-7,9H2,1-2H3,(H,17,20). The molecule has 0 aromatic heterocycles. The van der Waals surface area contributed by atoms with Crippen LogP contribution >= 0.6 is 0 Å². The van der Waals surface area contributed by atoms with Gasteiger partial charge in [-0.25, -0.2) is 14.0 Å². The Morgan fingerprint density at radius 3 is 3.00 bits per heavy atom. The van der Waals surface area contributed by atoms with Crippen LogP contribution in [0.4, 0.5) is 9.18 Å². The molecule has 2 rings (SSSR count). The van der Waals surface area contributed by atoms with Crippen LogP contribution in [0.1, 0.15) is 19.4 Å². The number of carbonyl (C=O) groups excluding carboxylic acids is 2. The number of ether oxygens (including phenoxy) is 2. The third-order valence-electron chi connectivity index (χ3n) is 3.27. The summed E-state index contributed by atoms with van der Waals surface area (Å²) in [6.07, 6.45) is 0. The topological polar surface area (TPSA) is 67.9 Å². The second-order valence-electron chi connectivity index (χ2n) is 4.95. The van der Waals surface area contributed by atoms with Crippen molar-refractivity contribution >= 4 is 12.0 Å². The van der Waals surface area contributed by atoms with Crippen molar-refractivity contribution in [1.29, 1.82) is 0 Å². The van der Waals surface area contributed by atoms with Gasteiger partial charge in [0.05, 0.1) is 19.7 Å². The lowest BCUT2D eigenvalue weighted by molar-refractivity contribution is -0.144. The number of halogens is 1. The van der Waals surface area contributed by atoms with E-state index in [0.717, 1.165) is 0 Å². The molecule has 6 nitrogen and oxygen atoms in total. The van der Waals surface area contributed by atoms with Gasteiger partial charge in [-0.2, -0.15) is 0 Å². The van der Waals surface area contributed by atoms with E-state index in [1.54, 1.807) is 19.9 Å². The van der Waals surface area contributed by atoms with E-state index in [1.165, 1.54) is 17.0 Å². The van der Waals surface area contributed by atoms with E-state index >= 15 is 0 Å². The SMILES string of the molecule is CCOC(=O)C(C)NC(=O)N1CCOc2ccc(F)cc2C1. The number of urea groups is 1. The zero-order chi connectivity index (χ0) is 16.1. The molecule has 1 atom stereocenters. The quantitative estimate of drug-likeness (QED) is 0.863. The number of amides is 2. The van der Waals surface area contributed by atoms with Crippen LogP contribution in [0.5, 0.6) is 5.75 Å². The van der Waals surface area contributed by atoms with E-state index in [2.05, 4.69) is 5.32 Å². The molecule has 2 amide bonds. The minimum Gasteiger partial charge on any atom is -0.491 e. The van der Waals surface area contributed by atoms with Gasteiger partial charge in [-0.15, -0.1) is 0 Å². The molecule has 1 heterocycles. The Kier molecular flexibility index (Phi) is 5.19. The number of hydrogen-bond donors (Lipinski definition) is 1. The maximum absolute atomic E-state index is 13.3. The first-order valence-corrected chi connectivity index (χ1v) is 7.14. The van der Waals surface area contributed by atoms with Crippen LogP contribution in [0, 0.1) is 5.82 Å². The number of nitrogens with one attached hydrogen (secondary N) is 1. The molecule has 1 aromatic carbocycles. The molecular formula is C15H19FN2O4. The van der Waals surface area contributed by atoms with Crippen molar-refractivity contribution in [3.8, 4) is 5.75 Å². The molecule has 1 N–H and O–H groups in total. The number of hydrogen-bond acceptors (Lipinski definition) is 4. The number of nitrogens with zero attached hydrogens (tertiary/aromatic N) is 1. The van der Waals surface area contributed by atoms with Crippen molar-refractivity contribution in [2.45, 2.75) is 26.4 Å². The van der Waals surface area contributed by atoms with E-state index in [0.29, 0.717) is 24.5 Å². The number of rotatable bonds is 3. The molecule has 0 spiro atoms. The van der Waals surface area contributed by atoms with E-state index in [-0.39, 0.29) is 19.0 Å². The number of esters is 1. The molecule has 1 aromatic rings. The number of fused-ring (bicyclic) bond motifs is 1. The summed E-state index contributed by atoms with van der Waals surface area (Å²) in [5.41, 5.74) is 0.594. The molecule has 0 aliphatic carbocycles. The van der Waals surface area contributed by atoms with Crippen molar-refractivity contribution in [3.05, 3.63) is 29.6 Å². The monoisotopic (exact) mass is 310 g/mol. The Balaban J connectivity index is 2.03. The molecule has 22 heavy (non-hydrogen) atoms. The predicted molar refractivity (Wildman–Crippen MR) is 76.9 cm³/mol. The summed E-state index contributed by atoms with van der Waals surface area (Å²) < 4.78 is 23.7. The third kappa shape index (κ3) is 3.87. The average molecular weight is 310 g/mol. The fraction of sp³-hybridized carbons (Fsp3) is 0.467. The summed E-state index contributed by atoms with van der Waals surface area (Å²) >= 11 is 0. The van der Waals surface area contributed by atoms with Crippen LogP contribution in [0.15, 0.2) is 18.2 Å². The van der Waals surface area contributed by atoms with Crippen molar-refractivity contribution < 1.29 is 23.5 Å². The smallest absolute Gasteiger partial charge is 0.328 e. The molecule has 0 saturated heterocycles. The molecule has 1 unspecified atom stereocenters. The van der Waals surface area contributed by atoms with Crippen LogP contribution in [-0.4, -0.2) is 42.7 Å². The molecule has 0 bridgehead atoms. The van der Waals surface area contributed by atoms with Gasteiger partial charge in [-0.3, -0.25) is 0 Å². The first-order chi connectivity index (χ1) is 10.5. The lowest BCUT2D eigenvalue weighted by atomic mass is 10.2. The lowest BCUT2D eigenvalue weighted by Crippen LogP contribution is -2.47. The van der Waals surface area contributed by atoms with Crippen LogP contribution in [0.2, 0.25) is 0 Å². The van der Waals surface area contributed by atoms with Crippen LogP contribution < -0.4 is 10.1 Å². The van der Waals surface area contributed by atoms with Crippen LogP contribution in [-0.2, 0) is 16.1 Å². The van der Waals surface area contributed by atoms with Gasteiger partial charge in [0.1, 0.15) is 24.2 Å². The largest absolute Gasteiger partial charge is 0.491 e. The summed E-state index contributed by atoms with van der Waals surface area (Å²) in [4.78, 5) is 25.2. The van der Waals surface area contributed by atoms with E-state index < -0.39 is 18.0 Å². The van der Waals surface area contributed by atoms with Gasteiger partial charge in [0.2, 0.25) is 0 Å². The molecule has 0 saturated carbocycles. The fourth-order valence-corrected chi connectivity index (χ4v) is 2.14. The molecule has 0 radical (unpaired) electrons. The Labute approximate surface area is 128 Å². The highest BCUT2D eigenvalue weighted by molar-refractivity contribution is 5.83. The summed E-state index contributed by atoms with van der Waals surface area (Å²) in [5.74, 6) is -0.312. The summed E-state index contributed by atoms with van der Waals surface area (Å²) in [5, 5.41) is 2.57. The molecule has 120 valence electrons. The normalized spacial score (nSPS) is 15.1. The fourth-order valence-electron chi connectivity index (χ4n) is 2.14. The van der Waals surface area contributed by atoms with E-state index in [1.807, 2.05) is 0 Å². The van der Waals surface area contributed by atoms with Crippen molar-refractivity contribution in [2.24, 2.45) is 0 Å². The molecule has 1 aliphatic rings. The molecular weight excluding hydrogens is 291 g/mol. The Bertz CT molecular complexity index is 564.